The van der Waals surface area contributed by atoms with Gasteiger partial charge in [0, 0.05) is 19.5 Å². The minimum Gasteiger partial charge on any atom is -0.139 e. The Morgan fingerprint density at radius 3 is 1.95 bits per heavy atom. The molecule has 0 aliphatic carbocycles. The van der Waals surface area contributed by atoms with Gasteiger partial charge in [-0.2, -0.15) is 0 Å². The lowest BCUT2D eigenvalue weighted by Crippen LogP contribution is -1.76. The van der Waals surface area contributed by atoms with Crippen molar-refractivity contribution in [3.63, 3.8) is 0 Å². The fourth-order valence-corrected chi connectivity index (χ4v) is 4.84. The molecule has 0 aliphatic heterocycles. The average Bonchev–Trinajstić information content (AvgIpc) is 2.93. The zero-order valence-corrected chi connectivity index (χ0v) is 13.9. The molecule has 0 saturated heterocycles. The van der Waals surface area contributed by atoms with Crippen molar-refractivity contribution in [1.29, 1.82) is 0 Å². The van der Waals surface area contributed by atoms with Gasteiger partial charge < -0.3 is 0 Å². The summed E-state index contributed by atoms with van der Waals surface area (Å²) in [5.41, 5.74) is 5.41. The monoisotopic (exact) mass is 298 g/mol. The molecule has 0 saturated carbocycles. The summed E-state index contributed by atoms with van der Waals surface area (Å²) in [5, 5.41) is 0. The third-order valence-corrected chi connectivity index (χ3v) is 6.12. The Morgan fingerprint density at radius 1 is 0.700 bits per heavy atom. The van der Waals surface area contributed by atoms with Gasteiger partial charge in [-0.25, -0.2) is 0 Å². The van der Waals surface area contributed by atoms with Crippen LogP contribution in [0.1, 0.15) is 21.6 Å². The molecule has 0 bridgehead atoms. The van der Waals surface area contributed by atoms with E-state index in [1.54, 1.807) is 0 Å². The highest BCUT2D eigenvalue weighted by Crippen LogP contribution is 2.41. The molecule has 1 aromatic carbocycles. The lowest BCUT2D eigenvalue weighted by atomic mass is 10.1. The van der Waals surface area contributed by atoms with Crippen molar-refractivity contribution in [1.82, 2.24) is 0 Å². The first kappa shape index (κ1) is 13.6. The summed E-state index contributed by atoms with van der Waals surface area (Å²) in [5.74, 6) is 0. The predicted molar refractivity (Wildman–Crippen MR) is 92.0 cm³/mol. The Balaban J connectivity index is 2.07. The molecule has 3 rings (SSSR count). The largest absolute Gasteiger partial charge is 0.139 e. The molecule has 2 aromatic heterocycles. The normalized spacial score (nSPS) is 11.0. The van der Waals surface area contributed by atoms with Gasteiger partial charge in [-0.15, -0.1) is 22.7 Å². The van der Waals surface area contributed by atoms with E-state index in [4.69, 9.17) is 0 Å². The molecular formula is C18H18S2. The second kappa shape index (κ2) is 5.19. The van der Waals surface area contributed by atoms with E-state index in [9.17, 15) is 0 Å². The Morgan fingerprint density at radius 2 is 1.35 bits per heavy atom. The van der Waals surface area contributed by atoms with E-state index in [1.807, 2.05) is 22.7 Å². The summed E-state index contributed by atoms with van der Waals surface area (Å²) in [6, 6.07) is 13.4. The second-order valence-corrected chi connectivity index (χ2v) is 7.67. The van der Waals surface area contributed by atoms with Crippen LogP contribution in [0.3, 0.4) is 0 Å². The van der Waals surface area contributed by atoms with Gasteiger partial charge in [0.15, 0.2) is 0 Å². The molecule has 20 heavy (non-hydrogen) atoms. The van der Waals surface area contributed by atoms with Crippen LogP contribution >= 0.6 is 22.7 Å². The van der Waals surface area contributed by atoms with Gasteiger partial charge >= 0.3 is 0 Å². The lowest BCUT2D eigenvalue weighted by molar-refractivity contribution is 1.46. The van der Waals surface area contributed by atoms with Crippen LogP contribution in [-0.4, -0.2) is 0 Å². The van der Waals surface area contributed by atoms with Gasteiger partial charge in [0.05, 0.1) is 0 Å². The van der Waals surface area contributed by atoms with E-state index in [2.05, 4.69) is 64.1 Å². The van der Waals surface area contributed by atoms with E-state index < -0.39 is 0 Å². The van der Waals surface area contributed by atoms with E-state index in [1.165, 1.54) is 41.8 Å². The summed E-state index contributed by atoms with van der Waals surface area (Å²) in [7, 11) is 0. The molecular weight excluding hydrogens is 280 g/mol. The number of aryl methyl sites for hydroxylation is 4. The standard InChI is InChI=1S/C18H18S2/c1-11-5-7-15(8-6-11)17-13(3)10-16(20-17)18-12(2)9-14(4)19-18/h5-10H,1-4H3. The molecule has 2 heteroatoms. The Hall–Kier alpha value is -1.38. The second-order valence-electron chi connectivity index (χ2n) is 5.36. The highest BCUT2D eigenvalue weighted by atomic mass is 32.1. The summed E-state index contributed by atoms with van der Waals surface area (Å²) in [6.07, 6.45) is 0. The summed E-state index contributed by atoms with van der Waals surface area (Å²) in [4.78, 5) is 5.61. The van der Waals surface area contributed by atoms with E-state index in [0.717, 1.165) is 0 Å². The van der Waals surface area contributed by atoms with Crippen molar-refractivity contribution < 1.29 is 0 Å². The van der Waals surface area contributed by atoms with Crippen LogP contribution in [0.2, 0.25) is 0 Å². The minimum atomic E-state index is 1.31. The number of hydrogen-bond acceptors (Lipinski definition) is 2. The van der Waals surface area contributed by atoms with E-state index in [0.29, 0.717) is 0 Å². The fraction of sp³-hybridized carbons (Fsp3) is 0.222. The van der Waals surface area contributed by atoms with Crippen LogP contribution in [-0.2, 0) is 0 Å². The van der Waals surface area contributed by atoms with Gasteiger partial charge in [-0.05, 0) is 56.5 Å². The molecule has 2 heterocycles. The summed E-state index contributed by atoms with van der Waals surface area (Å²) < 4.78 is 0. The molecule has 0 spiro atoms. The zero-order valence-electron chi connectivity index (χ0n) is 12.3. The topological polar surface area (TPSA) is 0 Å². The molecule has 0 amide bonds. The van der Waals surface area contributed by atoms with Gasteiger partial charge in [0.1, 0.15) is 0 Å². The quantitative estimate of drug-likeness (QED) is 0.515. The Bertz CT molecular complexity index is 742. The molecule has 0 unspecified atom stereocenters. The van der Waals surface area contributed by atoms with Gasteiger partial charge in [0.2, 0.25) is 0 Å². The highest BCUT2D eigenvalue weighted by Gasteiger charge is 2.12. The summed E-state index contributed by atoms with van der Waals surface area (Å²) in [6.45, 7) is 8.74. The lowest BCUT2D eigenvalue weighted by Gasteiger charge is -2.00. The van der Waals surface area contributed by atoms with Crippen LogP contribution in [0.25, 0.3) is 20.2 Å². The van der Waals surface area contributed by atoms with Crippen LogP contribution in [0, 0.1) is 27.7 Å². The van der Waals surface area contributed by atoms with Gasteiger partial charge in [-0.1, -0.05) is 29.8 Å². The third kappa shape index (κ3) is 2.46. The van der Waals surface area contributed by atoms with Crippen molar-refractivity contribution in [2.75, 3.05) is 0 Å². The number of rotatable bonds is 2. The molecule has 0 N–H and O–H groups in total. The molecule has 0 nitrogen and oxygen atoms in total. The van der Waals surface area contributed by atoms with Crippen molar-refractivity contribution in [3.8, 4) is 20.2 Å². The maximum absolute atomic E-state index is 2.33. The van der Waals surface area contributed by atoms with Crippen LogP contribution < -0.4 is 0 Å². The number of benzene rings is 1. The Labute approximate surface area is 128 Å². The molecule has 0 fully saturated rings. The zero-order chi connectivity index (χ0) is 14.3. The molecule has 3 aromatic rings. The van der Waals surface area contributed by atoms with Crippen LogP contribution in [0.4, 0.5) is 0 Å². The number of hydrogen-bond donors (Lipinski definition) is 0. The minimum absolute atomic E-state index is 1.31. The molecule has 0 aliphatic rings. The third-order valence-electron chi connectivity index (χ3n) is 3.50. The van der Waals surface area contributed by atoms with E-state index in [-0.39, 0.29) is 0 Å². The predicted octanol–water partition coefficient (Wildman–Crippen LogP) is 6.38. The first-order chi connectivity index (χ1) is 9.54. The van der Waals surface area contributed by atoms with Crippen molar-refractivity contribution in [3.05, 3.63) is 58.0 Å². The first-order valence-corrected chi connectivity index (χ1v) is 8.43. The first-order valence-electron chi connectivity index (χ1n) is 6.79. The highest BCUT2D eigenvalue weighted by molar-refractivity contribution is 7.24. The van der Waals surface area contributed by atoms with E-state index >= 15 is 0 Å². The van der Waals surface area contributed by atoms with Crippen molar-refractivity contribution >= 4 is 22.7 Å². The van der Waals surface area contributed by atoms with Crippen LogP contribution in [0.5, 0.6) is 0 Å². The van der Waals surface area contributed by atoms with Crippen molar-refractivity contribution in [2.45, 2.75) is 27.7 Å². The molecule has 0 radical (unpaired) electrons. The maximum atomic E-state index is 2.33. The van der Waals surface area contributed by atoms with Gasteiger partial charge in [-0.3, -0.25) is 0 Å². The van der Waals surface area contributed by atoms with Crippen molar-refractivity contribution in [2.24, 2.45) is 0 Å². The fourth-order valence-electron chi connectivity index (χ4n) is 2.47. The SMILES string of the molecule is Cc1ccc(-c2sc(-c3sc(C)cc3C)cc2C)cc1. The molecule has 102 valence electrons. The van der Waals surface area contributed by atoms with Gasteiger partial charge in [0.25, 0.3) is 0 Å². The maximum Gasteiger partial charge on any atom is 0.0474 e. The average molecular weight is 298 g/mol. The Kier molecular flexibility index (Phi) is 3.53. The summed E-state index contributed by atoms with van der Waals surface area (Å²) >= 11 is 3.81. The molecule has 0 atom stereocenters. The van der Waals surface area contributed by atoms with Crippen LogP contribution in [0.15, 0.2) is 36.4 Å². The smallest absolute Gasteiger partial charge is 0.0474 e. The number of thiophene rings is 2.